The summed E-state index contributed by atoms with van der Waals surface area (Å²) >= 11 is 1.87. The summed E-state index contributed by atoms with van der Waals surface area (Å²) in [6.07, 6.45) is 3.43. The van der Waals surface area contributed by atoms with Crippen LogP contribution in [0.15, 0.2) is 4.99 Å². The van der Waals surface area contributed by atoms with Gasteiger partial charge in [-0.1, -0.05) is 0 Å². The van der Waals surface area contributed by atoms with Crippen molar-refractivity contribution in [1.82, 2.24) is 15.5 Å². The number of hydrogen-bond acceptors (Lipinski definition) is 3. The molecule has 0 amide bonds. The molecule has 1 atom stereocenters. The Balaban J connectivity index is 2.26. The summed E-state index contributed by atoms with van der Waals surface area (Å²) in [7, 11) is 4.02. The van der Waals surface area contributed by atoms with Crippen molar-refractivity contribution in [2.75, 3.05) is 46.5 Å². The Labute approximate surface area is 116 Å². The van der Waals surface area contributed by atoms with Crippen LogP contribution in [0.5, 0.6) is 0 Å². The van der Waals surface area contributed by atoms with Gasteiger partial charge in [0.15, 0.2) is 5.96 Å². The average molecular weight is 272 g/mol. The standard InChI is InChI=1S/C13H28N4S/c1-13(2,18-5)10-16-12(14-3)15-8-11-6-7-17(4)9-11/h11H,6-10H2,1-5H3,(H2,14,15,16). The van der Waals surface area contributed by atoms with Crippen molar-refractivity contribution in [2.45, 2.75) is 25.0 Å². The smallest absolute Gasteiger partial charge is 0.191 e. The van der Waals surface area contributed by atoms with E-state index in [0.717, 1.165) is 25.0 Å². The van der Waals surface area contributed by atoms with E-state index in [2.05, 4.69) is 47.7 Å². The molecule has 1 rings (SSSR count). The lowest BCUT2D eigenvalue weighted by Crippen LogP contribution is -2.44. The molecule has 0 radical (unpaired) electrons. The topological polar surface area (TPSA) is 39.7 Å². The van der Waals surface area contributed by atoms with Crippen LogP contribution in [-0.4, -0.2) is 62.1 Å². The van der Waals surface area contributed by atoms with Gasteiger partial charge in [0.1, 0.15) is 0 Å². The van der Waals surface area contributed by atoms with Crippen molar-refractivity contribution in [1.29, 1.82) is 0 Å². The van der Waals surface area contributed by atoms with E-state index in [1.807, 2.05) is 18.8 Å². The second kappa shape index (κ2) is 7.24. The van der Waals surface area contributed by atoms with Crippen molar-refractivity contribution >= 4 is 17.7 Å². The Morgan fingerprint density at radius 1 is 1.44 bits per heavy atom. The predicted octanol–water partition coefficient (Wildman–Crippen LogP) is 1.24. The molecule has 2 N–H and O–H groups in total. The first-order chi connectivity index (χ1) is 8.46. The molecule has 1 unspecified atom stereocenters. The van der Waals surface area contributed by atoms with Crippen molar-refractivity contribution in [2.24, 2.45) is 10.9 Å². The van der Waals surface area contributed by atoms with Gasteiger partial charge in [-0.3, -0.25) is 4.99 Å². The average Bonchev–Trinajstić information content (AvgIpc) is 2.75. The van der Waals surface area contributed by atoms with Crippen LogP contribution < -0.4 is 10.6 Å². The fourth-order valence-electron chi connectivity index (χ4n) is 2.02. The first kappa shape index (κ1) is 15.6. The lowest BCUT2D eigenvalue weighted by Gasteiger charge is -2.24. The minimum atomic E-state index is 0.241. The van der Waals surface area contributed by atoms with Gasteiger partial charge < -0.3 is 15.5 Å². The summed E-state index contributed by atoms with van der Waals surface area (Å²) in [6, 6.07) is 0. The summed E-state index contributed by atoms with van der Waals surface area (Å²) in [6.45, 7) is 8.84. The van der Waals surface area contributed by atoms with Gasteiger partial charge in [-0.2, -0.15) is 11.8 Å². The molecule has 0 aromatic heterocycles. The molecule has 0 saturated carbocycles. The molecule has 1 fully saturated rings. The third-order valence-corrected chi connectivity index (χ3v) is 4.75. The zero-order valence-electron chi connectivity index (χ0n) is 12.4. The summed E-state index contributed by atoms with van der Waals surface area (Å²) < 4.78 is 0.241. The van der Waals surface area contributed by atoms with E-state index in [-0.39, 0.29) is 4.75 Å². The Morgan fingerprint density at radius 2 is 2.17 bits per heavy atom. The molecule has 0 bridgehead atoms. The van der Waals surface area contributed by atoms with E-state index in [4.69, 9.17) is 0 Å². The van der Waals surface area contributed by atoms with E-state index in [1.54, 1.807) is 0 Å². The van der Waals surface area contributed by atoms with E-state index in [9.17, 15) is 0 Å². The van der Waals surface area contributed by atoms with Crippen molar-refractivity contribution in [3.8, 4) is 0 Å². The molecule has 0 aromatic carbocycles. The number of aliphatic imine (C=N–C) groups is 1. The molecule has 1 saturated heterocycles. The van der Waals surface area contributed by atoms with E-state index in [0.29, 0.717) is 0 Å². The highest BCUT2D eigenvalue weighted by Gasteiger charge is 2.20. The zero-order valence-corrected chi connectivity index (χ0v) is 13.2. The summed E-state index contributed by atoms with van der Waals surface area (Å²) in [5, 5.41) is 6.83. The molecular weight excluding hydrogens is 244 g/mol. The zero-order chi connectivity index (χ0) is 13.6. The first-order valence-corrected chi connectivity index (χ1v) is 7.87. The van der Waals surface area contributed by atoms with Crippen LogP contribution in [0.25, 0.3) is 0 Å². The molecule has 106 valence electrons. The third-order valence-electron chi connectivity index (χ3n) is 3.50. The number of thioether (sulfide) groups is 1. The quantitative estimate of drug-likeness (QED) is 0.584. The minimum Gasteiger partial charge on any atom is -0.356 e. The van der Waals surface area contributed by atoms with Gasteiger partial charge in [-0.15, -0.1) is 0 Å². The highest BCUT2D eigenvalue weighted by Crippen LogP contribution is 2.19. The number of guanidine groups is 1. The van der Waals surface area contributed by atoms with Crippen LogP contribution in [0.3, 0.4) is 0 Å². The summed E-state index contributed by atoms with van der Waals surface area (Å²) in [5.41, 5.74) is 0. The van der Waals surface area contributed by atoms with Crippen LogP contribution in [0.2, 0.25) is 0 Å². The molecule has 4 nitrogen and oxygen atoms in total. The molecule has 0 aliphatic carbocycles. The highest BCUT2D eigenvalue weighted by atomic mass is 32.2. The Bertz CT molecular complexity index is 278. The van der Waals surface area contributed by atoms with E-state index < -0.39 is 0 Å². The molecule has 18 heavy (non-hydrogen) atoms. The fourth-order valence-corrected chi connectivity index (χ4v) is 2.24. The van der Waals surface area contributed by atoms with Crippen LogP contribution in [0, 0.1) is 5.92 Å². The monoisotopic (exact) mass is 272 g/mol. The number of rotatable bonds is 5. The van der Waals surface area contributed by atoms with Gasteiger partial charge in [0.25, 0.3) is 0 Å². The SMILES string of the molecule is CN=C(NCC1CCN(C)C1)NCC(C)(C)SC. The van der Waals surface area contributed by atoms with Gasteiger partial charge in [-0.05, 0) is 46.0 Å². The highest BCUT2D eigenvalue weighted by molar-refractivity contribution is 7.99. The maximum atomic E-state index is 4.28. The van der Waals surface area contributed by atoms with Crippen molar-refractivity contribution < 1.29 is 0 Å². The second-order valence-corrected chi connectivity index (χ2v) is 7.20. The van der Waals surface area contributed by atoms with Crippen LogP contribution in [0.4, 0.5) is 0 Å². The molecular formula is C13H28N4S. The predicted molar refractivity (Wildman–Crippen MR) is 82.6 cm³/mol. The van der Waals surface area contributed by atoms with E-state index >= 15 is 0 Å². The largest absolute Gasteiger partial charge is 0.356 e. The lowest BCUT2D eigenvalue weighted by atomic mass is 10.1. The lowest BCUT2D eigenvalue weighted by molar-refractivity contribution is 0.394. The molecule has 0 spiro atoms. The molecule has 0 aromatic rings. The Morgan fingerprint density at radius 3 is 2.67 bits per heavy atom. The number of likely N-dealkylation sites (tertiary alicyclic amines) is 1. The molecule has 5 heteroatoms. The molecule has 1 aliphatic rings. The maximum absolute atomic E-state index is 4.28. The first-order valence-electron chi connectivity index (χ1n) is 6.65. The van der Waals surface area contributed by atoms with Gasteiger partial charge in [-0.25, -0.2) is 0 Å². The molecule has 1 heterocycles. The van der Waals surface area contributed by atoms with E-state index in [1.165, 1.54) is 19.5 Å². The summed E-state index contributed by atoms with van der Waals surface area (Å²) in [4.78, 5) is 6.67. The summed E-state index contributed by atoms with van der Waals surface area (Å²) in [5.74, 6) is 1.67. The third kappa shape index (κ3) is 5.48. The van der Waals surface area contributed by atoms with Crippen molar-refractivity contribution in [3.05, 3.63) is 0 Å². The van der Waals surface area contributed by atoms with Crippen LogP contribution >= 0.6 is 11.8 Å². The van der Waals surface area contributed by atoms with Crippen molar-refractivity contribution in [3.63, 3.8) is 0 Å². The number of nitrogens with one attached hydrogen (secondary N) is 2. The Hall–Kier alpha value is -0.420. The maximum Gasteiger partial charge on any atom is 0.191 e. The van der Waals surface area contributed by atoms with Gasteiger partial charge in [0, 0.05) is 31.4 Å². The second-order valence-electron chi connectivity index (χ2n) is 5.69. The van der Waals surface area contributed by atoms with Crippen LogP contribution in [0.1, 0.15) is 20.3 Å². The van der Waals surface area contributed by atoms with Gasteiger partial charge >= 0.3 is 0 Å². The van der Waals surface area contributed by atoms with Crippen LogP contribution in [-0.2, 0) is 0 Å². The van der Waals surface area contributed by atoms with Gasteiger partial charge in [0.2, 0.25) is 0 Å². The minimum absolute atomic E-state index is 0.241. The fraction of sp³-hybridized carbons (Fsp3) is 0.923. The van der Waals surface area contributed by atoms with Gasteiger partial charge in [0.05, 0.1) is 0 Å². The normalized spacial score (nSPS) is 22.3. The Kier molecular flexibility index (Phi) is 6.29. The number of nitrogens with zero attached hydrogens (tertiary/aromatic N) is 2. The number of hydrogen-bond donors (Lipinski definition) is 2. The molecule has 1 aliphatic heterocycles.